The number of carbonyl (C=O) groups is 1. The molecule has 0 fully saturated rings. The second-order valence-electron chi connectivity index (χ2n) is 3.88. The largest absolute Gasteiger partial charge is 0.481 e. The van der Waals surface area contributed by atoms with Crippen molar-refractivity contribution in [2.75, 3.05) is 18.0 Å². The summed E-state index contributed by atoms with van der Waals surface area (Å²) in [6.45, 7) is 1.43. The van der Waals surface area contributed by atoms with Gasteiger partial charge in [-0.2, -0.15) is 5.26 Å². The molecule has 4 nitrogen and oxygen atoms in total. The van der Waals surface area contributed by atoms with Gasteiger partial charge in [-0.3, -0.25) is 4.79 Å². The average Bonchev–Trinajstić information content (AvgIpc) is 2.32. The van der Waals surface area contributed by atoms with Gasteiger partial charge in [0.1, 0.15) is 6.54 Å². The van der Waals surface area contributed by atoms with Gasteiger partial charge in [0.05, 0.1) is 12.0 Å². The second kappa shape index (κ2) is 5.96. The number of rotatable bonds is 5. The molecule has 1 unspecified atom stereocenters. The van der Waals surface area contributed by atoms with Crippen molar-refractivity contribution < 1.29 is 18.7 Å². The quantitative estimate of drug-likeness (QED) is 0.816. The van der Waals surface area contributed by atoms with Crippen molar-refractivity contribution in [1.82, 2.24) is 0 Å². The van der Waals surface area contributed by atoms with Crippen LogP contribution in [0.15, 0.2) is 18.2 Å². The van der Waals surface area contributed by atoms with Gasteiger partial charge in [-0.25, -0.2) is 8.78 Å². The van der Waals surface area contributed by atoms with Gasteiger partial charge < -0.3 is 10.0 Å². The SMILES string of the molecule is CC(CN(CC#N)c1ccc(F)c(F)c1)C(=O)O. The first-order valence-corrected chi connectivity index (χ1v) is 5.25. The van der Waals surface area contributed by atoms with Crippen LogP contribution in [-0.4, -0.2) is 24.2 Å². The molecule has 0 bridgehead atoms. The van der Waals surface area contributed by atoms with E-state index in [9.17, 15) is 13.6 Å². The van der Waals surface area contributed by atoms with Crippen LogP contribution >= 0.6 is 0 Å². The van der Waals surface area contributed by atoms with E-state index >= 15 is 0 Å². The maximum Gasteiger partial charge on any atom is 0.308 e. The molecule has 18 heavy (non-hydrogen) atoms. The van der Waals surface area contributed by atoms with E-state index < -0.39 is 23.5 Å². The lowest BCUT2D eigenvalue weighted by molar-refractivity contribution is -0.140. The Morgan fingerprint density at radius 2 is 2.17 bits per heavy atom. The lowest BCUT2D eigenvalue weighted by Gasteiger charge is -2.23. The lowest BCUT2D eigenvalue weighted by atomic mass is 10.1. The predicted octanol–water partition coefficient (Wildman–Crippen LogP) is 2.02. The standard InChI is InChI=1S/C12H12F2N2O2/c1-8(12(17)18)7-16(5-4-15)9-2-3-10(13)11(14)6-9/h2-3,6,8H,5,7H2,1H3,(H,17,18). The molecule has 96 valence electrons. The Kier molecular flexibility index (Phi) is 4.60. The summed E-state index contributed by atoms with van der Waals surface area (Å²) in [5.74, 6) is -3.74. The molecule has 0 spiro atoms. The van der Waals surface area contributed by atoms with E-state index in [0.29, 0.717) is 0 Å². The first-order valence-electron chi connectivity index (χ1n) is 5.25. The molecule has 6 heteroatoms. The summed E-state index contributed by atoms with van der Waals surface area (Å²) in [5, 5.41) is 17.5. The molecule has 1 aromatic rings. The first-order chi connectivity index (χ1) is 8.45. The lowest BCUT2D eigenvalue weighted by Crippen LogP contribution is -2.32. The van der Waals surface area contributed by atoms with Crippen molar-refractivity contribution in [2.45, 2.75) is 6.92 Å². The van der Waals surface area contributed by atoms with Crippen LogP contribution in [0.4, 0.5) is 14.5 Å². The van der Waals surface area contributed by atoms with Crippen LogP contribution in [0.3, 0.4) is 0 Å². The molecule has 0 saturated heterocycles. The molecular weight excluding hydrogens is 242 g/mol. The van der Waals surface area contributed by atoms with Crippen molar-refractivity contribution in [3.63, 3.8) is 0 Å². The van der Waals surface area contributed by atoms with Gasteiger partial charge in [-0.1, -0.05) is 6.92 Å². The van der Waals surface area contributed by atoms with Crippen LogP contribution < -0.4 is 4.90 Å². The van der Waals surface area contributed by atoms with Crippen molar-refractivity contribution in [1.29, 1.82) is 5.26 Å². The first kappa shape index (κ1) is 13.9. The number of hydrogen-bond acceptors (Lipinski definition) is 3. The van der Waals surface area contributed by atoms with Crippen LogP contribution in [0.1, 0.15) is 6.92 Å². The fourth-order valence-electron chi connectivity index (χ4n) is 1.44. The highest BCUT2D eigenvalue weighted by molar-refractivity contribution is 5.70. The maximum absolute atomic E-state index is 13.1. The van der Waals surface area contributed by atoms with E-state index in [1.54, 1.807) is 0 Å². The number of nitriles is 1. The molecule has 0 heterocycles. The fourth-order valence-corrected chi connectivity index (χ4v) is 1.44. The Bertz CT molecular complexity index is 485. The second-order valence-corrected chi connectivity index (χ2v) is 3.88. The predicted molar refractivity (Wildman–Crippen MR) is 61.0 cm³/mol. The molecular formula is C12H12F2N2O2. The van der Waals surface area contributed by atoms with E-state index in [1.165, 1.54) is 17.9 Å². The molecule has 0 amide bonds. The normalized spacial score (nSPS) is 11.7. The molecule has 1 rings (SSSR count). The zero-order valence-corrected chi connectivity index (χ0v) is 9.73. The Hall–Kier alpha value is -2.16. The monoisotopic (exact) mass is 254 g/mol. The molecule has 0 radical (unpaired) electrons. The molecule has 1 N–H and O–H groups in total. The van der Waals surface area contributed by atoms with Gasteiger partial charge in [0.15, 0.2) is 11.6 Å². The number of carboxylic acids is 1. The number of aliphatic carboxylic acids is 1. The summed E-state index contributed by atoms with van der Waals surface area (Å²) in [5.41, 5.74) is 0.281. The van der Waals surface area contributed by atoms with Crippen LogP contribution in [0.5, 0.6) is 0 Å². The summed E-state index contributed by atoms with van der Waals surface area (Å²) in [4.78, 5) is 12.1. The van der Waals surface area contributed by atoms with Crippen LogP contribution in [0.2, 0.25) is 0 Å². The van der Waals surface area contributed by atoms with Crippen molar-refractivity contribution in [3.8, 4) is 6.07 Å². The van der Waals surface area contributed by atoms with E-state index in [1.807, 2.05) is 6.07 Å². The average molecular weight is 254 g/mol. The highest BCUT2D eigenvalue weighted by Crippen LogP contribution is 2.19. The summed E-state index contributed by atoms with van der Waals surface area (Å²) in [6, 6.07) is 5.06. The minimum atomic E-state index is -1.03. The topological polar surface area (TPSA) is 64.3 Å². The maximum atomic E-state index is 13.1. The minimum absolute atomic E-state index is 0.0496. The third-order valence-electron chi connectivity index (χ3n) is 2.45. The van der Waals surface area contributed by atoms with Gasteiger partial charge in [0, 0.05) is 18.3 Å². The third kappa shape index (κ3) is 3.42. The van der Waals surface area contributed by atoms with Gasteiger partial charge in [0.25, 0.3) is 0 Å². The summed E-state index contributed by atoms with van der Waals surface area (Å²) >= 11 is 0. The van der Waals surface area contributed by atoms with Gasteiger partial charge >= 0.3 is 5.97 Å². The Morgan fingerprint density at radius 1 is 1.50 bits per heavy atom. The van der Waals surface area contributed by atoms with E-state index in [2.05, 4.69) is 0 Å². The number of nitrogens with zero attached hydrogens (tertiary/aromatic N) is 2. The molecule has 0 saturated carbocycles. The minimum Gasteiger partial charge on any atom is -0.481 e. The molecule has 0 aromatic heterocycles. The van der Waals surface area contributed by atoms with Crippen molar-refractivity contribution in [3.05, 3.63) is 29.8 Å². The van der Waals surface area contributed by atoms with Gasteiger partial charge in [-0.15, -0.1) is 0 Å². The number of halogens is 2. The van der Waals surface area contributed by atoms with Crippen molar-refractivity contribution in [2.24, 2.45) is 5.92 Å². The Morgan fingerprint density at radius 3 is 2.67 bits per heavy atom. The zero-order chi connectivity index (χ0) is 13.7. The summed E-state index contributed by atoms with van der Waals surface area (Å²) in [7, 11) is 0. The molecule has 1 aromatic carbocycles. The molecule has 0 aliphatic carbocycles. The molecule has 0 aliphatic rings. The Balaban J connectivity index is 2.94. The fraction of sp³-hybridized carbons (Fsp3) is 0.333. The summed E-state index contributed by atoms with van der Waals surface area (Å²) in [6.07, 6.45) is 0. The van der Waals surface area contributed by atoms with E-state index in [4.69, 9.17) is 10.4 Å². The van der Waals surface area contributed by atoms with Crippen LogP contribution in [0, 0.1) is 28.9 Å². The van der Waals surface area contributed by atoms with E-state index in [-0.39, 0.29) is 18.8 Å². The zero-order valence-electron chi connectivity index (χ0n) is 9.73. The van der Waals surface area contributed by atoms with Crippen molar-refractivity contribution >= 4 is 11.7 Å². The number of benzene rings is 1. The van der Waals surface area contributed by atoms with Gasteiger partial charge in [-0.05, 0) is 12.1 Å². The number of hydrogen-bond donors (Lipinski definition) is 1. The molecule has 1 atom stereocenters. The smallest absolute Gasteiger partial charge is 0.308 e. The highest BCUT2D eigenvalue weighted by atomic mass is 19.2. The van der Waals surface area contributed by atoms with E-state index in [0.717, 1.165) is 12.1 Å². The highest BCUT2D eigenvalue weighted by Gasteiger charge is 2.17. The van der Waals surface area contributed by atoms with Crippen LogP contribution in [0.25, 0.3) is 0 Å². The third-order valence-corrected chi connectivity index (χ3v) is 2.45. The number of anilines is 1. The number of carboxylic acid groups (broad SMARTS) is 1. The van der Waals surface area contributed by atoms with Crippen LogP contribution in [-0.2, 0) is 4.79 Å². The summed E-state index contributed by atoms with van der Waals surface area (Å²) < 4.78 is 25.9. The Labute approximate surface area is 103 Å². The molecule has 0 aliphatic heterocycles. The van der Waals surface area contributed by atoms with Gasteiger partial charge in [0.2, 0.25) is 0 Å².